The number of aryl methyl sites for hydroxylation is 1. The van der Waals surface area contributed by atoms with Gasteiger partial charge in [-0.2, -0.15) is 0 Å². The third-order valence-electron chi connectivity index (χ3n) is 4.15. The summed E-state index contributed by atoms with van der Waals surface area (Å²) in [6.45, 7) is 2.59. The molecular formula is C15H19ClFN5O2. The Labute approximate surface area is 145 Å². The summed E-state index contributed by atoms with van der Waals surface area (Å²) < 4.78 is 15.2. The van der Waals surface area contributed by atoms with Crippen molar-refractivity contribution in [2.24, 2.45) is 7.05 Å². The molecular weight excluding hydrogens is 337 g/mol. The number of hydrogen-bond acceptors (Lipinski definition) is 5. The lowest BCUT2D eigenvalue weighted by Gasteiger charge is -2.36. The van der Waals surface area contributed by atoms with Gasteiger partial charge >= 0.3 is 5.82 Å². The van der Waals surface area contributed by atoms with Crippen molar-refractivity contribution in [1.29, 1.82) is 0 Å². The van der Waals surface area contributed by atoms with Gasteiger partial charge in [0, 0.05) is 39.3 Å². The Morgan fingerprint density at radius 3 is 3.00 bits per heavy atom. The standard InChI is InChI=1S/C15H18FN5O2.ClH/c1-19-10-18-15(21(22)23)14(19)9-20-6-5-17-8-13(20)11-3-2-4-12(16)7-11;/h2-4,7,10,13,17H,5-6,8-9H2,1H3;1H. The summed E-state index contributed by atoms with van der Waals surface area (Å²) >= 11 is 0. The van der Waals surface area contributed by atoms with E-state index in [1.54, 1.807) is 17.7 Å². The molecule has 0 amide bonds. The highest BCUT2D eigenvalue weighted by Gasteiger charge is 2.28. The maximum atomic E-state index is 13.5. The van der Waals surface area contributed by atoms with Gasteiger partial charge in [0.2, 0.25) is 6.33 Å². The lowest BCUT2D eigenvalue weighted by Crippen LogP contribution is -2.45. The smallest absolute Gasteiger partial charge is 0.358 e. The van der Waals surface area contributed by atoms with Crippen LogP contribution in [-0.2, 0) is 13.6 Å². The number of piperazine rings is 1. The van der Waals surface area contributed by atoms with Gasteiger partial charge in [0.15, 0.2) is 0 Å². The lowest BCUT2D eigenvalue weighted by atomic mass is 10.0. The summed E-state index contributed by atoms with van der Waals surface area (Å²) in [6, 6.07) is 6.46. The molecule has 1 aliphatic heterocycles. The molecule has 0 aliphatic carbocycles. The minimum absolute atomic E-state index is 0. The van der Waals surface area contributed by atoms with Gasteiger partial charge in [-0.15, -0.1) is 12.4 Å². The van der Waals surface area contributed by atoms with Crippen LogP contribution in [0.1, 0.15) is 17.3 Å². The monoisotopic (exact) mass is 355 g/mol. The maximum absolute atomic E-state index is 13.5. The van der Waals surface area contributed by atoms with E-state index >= 15 is 0 Å². The third-order valence-corrected chi connectivity index (χ3v) is 4.15. The normalized spacial score (nSPS) is 18.2. The van der Waals surface area contributed by atoms with E-state index in [4.69, 9.17) is 0 Å². The quantitative estimate of drug-likeness (QED) is 0.671. The zero-order chi connectivity index (χ0) is 16.4. The molecule has 130 valence electrons. The average molecular weight is 356 g/mol. The second-order valence-electron chi connectivity index (χ2n) is 5.63. The predicted octanol–water partition coefficient (Wildman–Crippen LogP) is 2.04. The van der Waals surface area contributed by atoms with Crippen LogP contribution in [0.4, 0.5) is 10.2 Å². The Hall–Kier alpha value is -2.03. The van der Waals surface area contributed by atoms with Crippen molar-refractivity contribution in [3.63, 3.8) is 0 Å². The molecule has 7 nitrogen and oxygen atoms in total. The van der Waals surface area contributed by atoms with E-state index in [0.29, 0.717) is 18.8 Å². The first kappa shape index (κ1) is 18.3. The molecule has 2 heterocycles. The molecule has 0 spiro atoms. The van der Waals surface area contributed by atoms with Crippen molar-refractivity contribution in [1.82, 2.24) is 19.8 Å². The van der Waals surface area contributed by atoms with E-state index in [-0.39, 0.29) is 30.1 Å². The molecule has 0 radical (unpaired) electrons. The number of imidazole rings is 1. The number of halogens is 2. The number of rotatable bonds is 4. The summed E-state index contributed by atoms with van der Waals surface area (Å²) in [7, 11) is 1.74. The van der Waals surface area contributed by atoms with Gasteiger partial charge in [-0.1, -0.05) is 12.1 Å². The second-order valence-corrected chi connectivity index (χ2v) is 5.63. The Bertz CT molecular complexity index is 724. The molecule has 1 aromatic carbocycles. The van der Waals surface area contributed by atoms with Crippen molar-refractivity contribution in [3.8, 4) is 0 Å². The zero-order valence-electron chi connectivity index (χ0n) is 13.2. The molecule has 0 saturated carbocycles. The van der Waals surface area contributed by atoms with Crippen LogP contribution < -0.4 is 5.32 Å². The first-order chi connectivity index (χ1) is 11.1. The van der Waals surface area contributed by atoms with E-state index < -0.39 is 4.92 Å². The summed E-state index contributed by atoms with van der Waals surface area (Å²) in [5, 5.41) is 14.4. The third kappa shape index (κ3) is 3.72. The molecule has 1 unspecified atom stereocenters. The van der Waals surface area contributed by atoms with Crippen molar-refractivity contribution < 1.29 is 9.31 Å². The molecule has 1 fully saturated rings. The Balaban J connectivity index is 0.00000208. The number of nitro groups is 1. The molecule has 2 aromatic rings. The van der Waals surface area contributed by atoms with E-state index in [0.717, 1.165) is 18.7 Å². The molecule has 24 heavy (non-hydrogen) atoms. The molecule has 1 atom stereocenters. The highest BCUT2D eigenvalue weighted by molar-refractivity contribution is 5.85. The average Bonchev–Trinajstić information content (AvgIpc) is 2.89. The summed E-state index contributed by atoms with van der Waals surface area (Å²) in [4.78, 5) is 16.6. The number of aromatic nitrogens is 2. The molecule has 1 saturated heterocycles. The van der Waals surface area contributed by atoms with Crippen LogP contribution in [0.25, 0.3) is 0 Å². The zero-order valence-corrected chi connectivity index (χ0v) is 14.0. The topological polar surface area (TPSA) is 76.2 Å². The number of hydrogen-bond donors (Lipinski definition) is 1. The van der Waals surface area contributed by atoms with Gasteiger partial charge in [0.05, 0.1) is 0 Å². The lowest BCUT2D eigenvalue weighted by molar-refractivity contribution is -0.390. The molecule has 1 aliphatic rings. The first-order valence-corrected chi connectivity index (χ1v) is 7.41. The van der Waals surface area contributed by atoms with Crippen LogP contribution in [0.15, 0.2) is 30.6 Å². The van der Waals surface area contributed by atoms with Crippen LogP contribution in [0.3, 0.4) is 0 Å². The number of benzene rings is 1. The number of nitrogens with one attached hydrogen (secondary N) is 1. The van der Waals surface area contributed by atoms with E-state index in [9.17, 15) is 14.5 Å². The van der Waals surface area contributed by atoms with Gasteiger partial charge in [-0.05, 0) is 27.6 Å². The fraction of sp³-hybridized carbons (Fsp3) is 0.400. The molecule has 9 heteroatoms. The Kier molecular flexibility index (Phi) is 5.87. The van der Waals surface area contributed by atoms with Gasteiger partial charge < -0.3 is 20.0 Å². The van der Waals surface area contributed by atoms with Gasteiger partial charge in [-0.3, -0.25) is 4.90 Å². The van der Waals surface area contributed by atoms with Crippen molar-refractivity contribution in [3.05, 3.63) is 57.8 Å². The first-order valence-electron chi connectivity index (χ1n) is 7.41. The van der Waals surface area contributed by atoms with E-state index in [1.807, 2.05) is 6.07 Å². The highest BCUT2D eigenvalue weighted by atomic mass is 35.5. The predicted molar refractivity (Wildman–Crippen MR) is 89.5 cm³/mol. The Morgan fingerprint density at radius 2 is 2.29 bits per heavy atom. The minimum atomic E-state index is -0.464. The van der Waals surface area contributed by atoms with E-state index in [1.165, 1.54) is 18.5 Å². The molecule has 1 N–H and O–H groups in total. The highest BCUT2D eigenvalue weighted by Crippen LogP contribution is 2.27. The van der Waals surface area contributed by atoms with Gasteiger partial charge in [0.1, 0.15) is 11.5 Å². The fourth-order valence-electron chi connectivity index (χ4n) is 2.95. The molecule has 0 bridgehead atoms. The van der Waals surface area contributed by atoms with Crippen LogP contribution in [0.2, 0.25) is 0 Å². The van der Waals surface area contributed by atoms with Gasteiger partial charge in [-0.25, -0.2) is 4.39 Å². The molecule has 1 aromatic heterocycles. The molecule has 3 rings (SSSR count). The van der Waals surface area contributed by atoms with Crippen LogP contribution in [-0.4, -0.2) is 39.0 Å². The Morgan fingerprint density at radius 1 is 1.50 bits per heavy atom. The van der Waals surface area contributed by atoms with Crippen LogP contribution in [0.5, 0.6) is 0 Å². The summed E-state index contributed by atoms with van der Waals surface area (Å²) in [5.74, 6) is -0.399. The summed E-state index contributed by atoms with van der Waals surface area (Å²) in [6.07, 6.45) is 1.45. The van der Waals surface area contributed by atoms with Crippen molar-refractivity contribution in [2.75, 3.05) is 19.6 Å². The van der Waals surface area contributed by atoms with Crippen LogP contribution in [0, 0.1) is 15.9 Å². The van der Waals surface area contributed by atoms with E-state index in [2.05, 4.69) is 15.2 Å². The van der Waals surface area contributed by atoms with Crippen molar-refractivity contribution in [2.45, 2.75) is 12.6 Å². The van der Waals surface area contributed by atoms with Crippen LogP contribution >= 0.6 is 12.4 Å². The second kappa shape index (κ2) is 7.69. The van der Waals surface area contributed by atoms with Gasteiger partial charge in [0.25, 0.3) is 0 Å². The largest absolute Gasteiger partial charge is 0.386 e. The maximum Gasteiger partial charge on any atom is 0.386 e. The SMILES string of the molecule is Cl.Cn1cnc([N+](=O)[O-])c1CN1CCNCC1c1cccc(F)c1. The van der Waals surface area contributed by atoms with Crippen molar-refractivity contribution >= 4 is 18.2 Å². The summed E-state index contributed by atoms with van der Waals surface area (Å²) in [5.41, 5.74) is 1.42. The minimum Gasteiger partial charge on any atom is -0.358 e. The fourth-order valence-corrected chi connectivity index (χ4v) is 2.95. The number of nitrogens with zero attached hydrogens (tertiary/aromatic N) is 4.